The highest BCUT2D eigenvalue weighted by Crippen LogP contribution is 2.37. The van der Waals surface area contributed by atoms with Gasteiger partial charge in [-0.2, -0.15) is 11.3 Å². The van der Waals surface area contributed by atoms with Crippen LogP contribution < -0.4 is 5.32 Å². The highest BCUT2D eigenvalue weighted by Gasteiger charge is 2.43. The molecule has 0 aliphatic carbocycles. The summed E-state index contributed by atoms with van der Waals surface area (Å²) in [5.74, 6) is 1.05. The fraction of sp³-hybridized carbons (Fsp3) is 0.444. The van der Waals surface area contributed by atoms with Crippen LogP contribution in [0.25, 0.3) is 0 Å². The van der Waals surface area contributed by atoms with E-state index in [2.05, 4.69) is 35.1 Å². The Morgan fingerprint density at radius 3 is 2.96 bits per heavy atom. The van der Waals surface area contributed by atoms with Crippen LogP contribution in [0, 0.1) is 5.92 Å². The molecule has 1 aromatic heterocycles. The molecule has 0 saturated heterocycles. The number of aliphatic hydroxyl groups excluding tert-OH is 1. The number of halogens is 1. The molecule has 3 atom stereocenters. The maximum absolute atomic E-state index is 13.1. The number of aliphatic imine (C=N–C) groups is 1. The number of hydrogen-bond acceptors (Lipinski definition) is 5. The van der Waals surface area contributed by atoms with Gasteiger partial charge in [0.25, 0.3) is 0 Å². The fourth-order valence-electron chi connectivity index (χ4n) is 3.20. The van der Waals surface area contributed by atoms with Gasteiger partial charge in [0.1, 0.15) is 17.9 Å². The van der Waals surface area contributed by atoms with E-state index in [9.17, 15) is 9.90 Å². The number of nitrogens with zero attached hydrogens (tertiary/aromatic N) is 2. The normalized spacial score (nSPS) is 23.3. The van der Waals surface area contributed by atoms with Crippen LogP contribution in [0.3, 0.4) is 0 Å². The zero-order valence-electron chi connectivity index (χ0n) is 14.2. The van der Waals surface area contributed by atoms with Crippen LogP contribution in [0.2, 0.25) is 0 Å². The van der Waals surface area contributed by atoms with Crippen molar-refractivity contribution in [2.75, 3.05) is 6.61 Å². The molecule has 3 rings (SSSR count). The molecule has 0 fully saturated rings. The second kappa shape index (κ2) is 7.85. The first kappa shape index (κ1) is 18.4. The Morgan fingerprint density at radius 1 is 1.52 bits per heavy atom. The van der Waals surface area contributed by atoms with Crippen molar-refractivity contribution in [3.8, 4) is 0 Å². The monoisotopic (exact) mass is 423 g/mol. The van der Waals surface area contributed by atoms with Crippen LogP contribution in [0.5, 0.6) is 0 Å². The average molecular weight is 424 g/mol. The number of amidine groups is 1. The lowest BCUT2D eigenvalue weighted by Gasteiger charge is -2.29. The topological polar surface area (TPSA) is 64.9 Å². The molecule has 134 valence electrons. The molecule has 5 nitrogen and oxygen atoms in total. The van der Waals surface area contributed by atoms with Gasteiger partial charge in [-0.3, -0.25) is 9.79 Å². The van der Waals surface area contributed by atoms with E-state index in [0.29, 0.717) is 5.92 Å². The van der Waals surface area contributed by atoms with E-state index in [1.165, 1.54) is 0 Å². The summed E-state index contributed by atoms with van der Waals surface area (Å²) in [5, 5.41) is 16.6. The number of nitrogens with one attached hydrogen (secondary N) is 1. The van der Waals surface area contributed by atoms with Crippen molar-refractivity contribution in [1.82, 2.24) is 10.2 Å². The van der Waals surface area contributed by atoms with Gasteiger partial charge in [0.2, 0.25) is 5.91 Å². The summed E-state index contributed by atoms with van der Waals surface area (Å²) < 4.78 is 0.867. The van der Waals surface area contributed by atoms with Crippen molar-refractivity contribution in [3.63, 3.8) is 0 Å². The van der Waals surface area contributed by atoms with Crippen molar-refractivity contribution in [1.29, 1.82) is 0 Å². The van der Waals surface area contributed by atoms with Crippen molar-refractivity contribution >= 4 is 39.0 Å². The van der Waals surface area contributed by atoms with E-state index < -0.39 is 6.04 Å². The third kappa shape index (κ3) is 3.88. The number of rotatable bonds is 6. The lowest BCUT2D eigenvalue weighted by molar-refractivity contribution is -0.125. The quantitative estimate of drug-likeness (QED) is 0.737. The average Bonchev–Trinajstić information content (AvgIpc) is 3.21. The predicted octanol–water partition coefficient (Wildman–Crippen LogP) is 3.20. The Labute approximate surface area is 160 Å². The maximum atomic E-state index is 13.1. The Hall–Kier alpha value is -1.44. The zero-order chi connectivity index (χ0) is 18.0. The van der Waals surface area contributed by atoms with Crippen LogP contribution in [0.1, 0.15) is 31.9 Å². The van der Waals surface area contributed by atoms with Gasteiger partial charge in [0.15, 0.2) is 0 Å². The second-order valence-corrected chi connectivity index (χ2v) is 8.31. The lowest BCUT2D eigenvalue weighted by Crippen LogP contribution is -2.50. The van der Waals surface area contributed by atoms with Gasteiger partial charge in [-0.05, 0) is 62.8 Å². The Kier molecular flexibility index (Phi) is 5.76. The number of fused-ring (bicyclic) bond motifs is 1. The van der Waals surface area contributed by atoms with Crippen molar-refractivity contribution in [2.24, 2.45) is 10.9 Å². The van der Waals surface area contributed by atoms with Crippen molar-refractivity contribution in [2.45, 2.75) is 38.4 Å². The maximum Gasteiger partial charge on any atom is 0.246 e. The molecular formula is C18H22BrN3O2S. The third-order valence-corrected chi connectivity index (χ3v) is 5.60. The van der Waals surface area contributed by atoms with Crippen LogP contribution in [0.4, 0.5) is 0 Å². The van der Waals surface area contributed by atoms with Gasteiger partial charge in [0.05, 0.1) is 17.1 Å². The molecule has 1 amide bonds. The van der Waals surface area contributed by atoms with Crippen LogP contribution in [-0.2, 0) is 4.79 Å². The summed E-state index contributed by atoms with van der Waals surface area (Å²) in [5.41, 5.74) is 1.03. The smallest absolute Gasteiger partial charge is 0.246 e. The standard InChI is InChI=1S/C18H22BrN3O2S/c1-11(2)8-13(9-23)20-18(24)16-15(12-5-7-25-10-12)21-17-14(19)4-3-6-22(16)17/h3-7,10-11,13,15-16,23H,8-9H2,1-2H3,(H,20,24)/t13-,15?,16?/m0/s1. The summed E-state index contributed by atoms with van der Waals surface area (Å²) in [7, 11) is 0. The number of amides is 1. The van der Waals surface area contributed by atoms with E-state index in [4.69, 9.17) is 4.99 Å². The van der Waals surface area contributed by atoms with E-state index in [1.54, 1.807) is 11.3 Å². The van der Waals surface area contributed by atoms with Gasteiger partial charge in [0, 0.05) is 6.20 Å². The number of carbonyl (C=O) groups is 1. The third-order valence-electron chi connectivity index (χ3n) is 4.28. The molecule has 2 unspecified atom stereocenters. The lowest BCUT2D eigenvalue weighted by atomic mass is 10.00. The molecule has 0 saturated carbocycles. The van der Waals surface area contributed by atoms with E-state index in [-0.39, 0.29) is 24.6 Å². The first-order chi connectivity index (χ1) is 12.0. The molecule has 1 aromatic rings. The van der Waals surface area contributed by atoms with Gasteiger partial charge in [-0.15, -0.1) is 0 Å². The molecule has 0 aromatic carbocycles. The Bertz CT molecular complexity index is 712. The minimum Gasteiger partial charge on any atom is -0.394 e. The zero-order valence-corrected chi connectivity index (χ0v) is 16.6. The van der Waals surface area contributed by atoms with Crippen molar-refractivity contribution < 1.29 is 9.90 Å². The number of carbonyl (C=O) groups excluding carboxylic acids is 1. The first-order valence-electron chi connectivity index (χ1n) is 8.35. The minimum atomic E-state index is -0.455. The summed E-state index contributed by atoms with van der Waals surface area (Å²) in [4.78, 5) is 19.8. The van der Waals surface area contributed by atoms with Crippen molar-refractivity contribution in [3.05, 3.63) is 45.2 Å². The SMILES string of the molecule is CC(C)C[C@@H](CO)NC(=O)C1C(c2ccsc2)N=C2C(Br)=CC=CN21. The number of allylic oxidation sites excluding steroid dienone is 2. The summed E-state index contributed by atoms with van der Waals surface area (Å²) >= 11 is 5.13. The van der Waals surface area contributed by atoms with Crippen LogP contribution in [-0.4, -0.2) is 40.4 Å². The highest BCUT2D eigenvalue weighted by atomic mass is 79.9. The minimum absolute atomic E-state index is 0.0626. The fourth-order valence-corrected chi connectivity index (χ4v) is 4.35. The summed E-state index contributed by atoms with van der Waals surface area (Å²) in [6.07, 6.45) is 6.45. The number of thiophene rings is 1. The summed E-state index contributed by atoms with van der Waals surface area (Å²) in [6, 6.07) is 1.05. The predicted molar refractivity (Wildman–Crippen MR) is 105 cm³/mol. The van der Waals surface area contributed by atoms with Crippen LogP contribution >= 0.6 is 27.3 Å². The second-order valence-electron chi connectivity index (χ2n) is 6.68. The van der Waals surface area contributed by atoms with Gasteiger partial charge >= 0.3 is 0 Å². The van der Waals surface area contributed by atoms with Crippen LogP contribution in [0.15, 0.2) is 44.7 Å². The number of aliphatic hydroxyl groups is 1. The summed E-state index contributed by atoms with van der Waals surface area (Å²) in [6.45, 7) is 4.09. The molecule has 3 heterocycles. The Balaban J connectivity index is 1.86. The molecule has 2 aliphatic heterocycles. The number of hydrogen-bond donors (Lipinski definition) is 2. The molecule has 7 heteroatoms. The molecule has 25 heavy (non-hydrogen) atoms. The molecule has 0 radical (unpaired) electrons. The molecule has 2 aliphatic rings. The molecule has 2 N–H and O–H groups in total. The van der Waals surface area contributed by atoms with Gasteiger partial charge in [-0.25, -0.2) is 0 Å². The van der Waals surface area contributed by atoms with Gasteiger partial charge in [-0.1, -0.05) is 13.8 Å². The Morgan fingerprint density at radius 2 is 2.32 bits per heavy atom. The molecule has 0 spiro atoms. The largest absolute Gasteiger partial charge is 0.394 e. The van der Waals surface area contributed by atoms with E-state index in [0.717, 1.165) is 22.3 Å². The first-order valence-corrected chi connectivity index (χ1v) is 10.1. The molecular weight excluding hydrogens is 402 g/mol. The van der Waals surface area contributed by atoms with E-state index >= 15 is 0 Å². The molecule has 0 bridgehead atoms. The highest BCUT2D eigenvalue weighted by molar-refractivity contribution is 9.12. The van der Waals surface area contributed by atoms with E-state index in [1.807, 2.05) is 40.1 Å². The van der Waals surface area contributed by atoms with Gasteiger partial charge < -0.3 is 15.3 Å².